The van der Waals surface area contributed by atoms with Crippen molar-refractivity contribution in [3.63, 3.8) is 0 Å². The molecule has 10 nitrogen and oxygen atoms in total. The molecule has 0 saturated carbocycles. The van der Waals surface area contributed by atoms with E-state index in [0.29, 0.717) is 15.2 Å². The van der Waals surface area contributed by atoms with E-state index >= 15 is 0 Å². The smallest absolute Gasteiger partial charge is 0.401 e. The first kappa shape index (κ1) is 19.5. The van der Waals surface area contributed by atoms with Crippen molar-refractivity contribution < 1.29 is 29.8 Å². The van der Waals surface area contributed by atoms with Crippen molar-refractivity contribution in [3.05, 3.63) is 52.5 Å². The third-order valence-electron chi connectivity index (χ3n) is 3.81. The molecule has 0 saturated heterocycles. The van der Waals surface area contributed by atoms with Crippen LogP contribution in [0.25, 0.3) is 0 Å². The lowest BCUT2D eigenvalue weighted by Gasteiger charge is -2.14. The quantitative estimate of drug-likeness (QED) is 0.265. The lowest BCUT2D eigenvalue weighted by atomic mass is 10.1. The molecule has 146 valence electrons. The number of carbonyl (C=O) groups excluding carboxylic acids is 1. The summed E-state index contributed by atoms with van der Waals surface area (Å²) in [4.78, 5) is 13.8. The summed E-state index contributed by atoms with van der Waals surface area (Å²) >= 11 is 3.30. The Balaban J connectivity index is 1.99. The Morgan fingerprint density at radius 1 is 1.21 bits per heavy atom. The lowest BCUT2D eigenvalue weighted by molar-refractivity contribution is -1.03. The largest absolute Gasteiger partial charge is 0.505 e. The zero-order valence-corrected chi connectivity index (χ0v) is 16.5. The molecule has 0 spiro atoms. The minimum Gasteiger partial charge on any atom is -0.505 e. The first-order valence-electron chi connectivity index (χ1n) is 7.97. The maximum atomic E-state index is 12.2. The summed E-state index contributed by atoms with van der Waals surface area (Å²) < 4.78 is 5.24. The molecular formula is C17H17BrN5O5+. The van der Waals surface area contributed by atoms with Crippen molar-refractivity contribution in [2.24, 2.45) is 0 Å². The third kappa shape index (κ3) is 3.57. The monoisotopic (exact) mass is 450 g/mol. The number of phenols is 1. The van der Waals surface area contributed by atoms with Crippen LogP contribution in [0.2, 0.25) is 0 Å². The van der Waals surface area contributed by atoms with E-state index in [9.17, 15) is 20.3 Å². The number of phenolic OH excluding ortho intramolecular Hbond substituents is 1. The summed E-state index contributed by atoms with van der Waals surface area (Å²) in [7, 11) is 3.13. The predicted molar refractivity (Wildman–Crippen MR) is 101 cm³/mol. The second kappa shape index (κ2) is 7.74. The molecule has 0 radical (unpaired) electrons. The molecule has 0 aliphatic rings. The van der Waals surface area contributed by atoms with Gasteiger partial charge in [-0.2, -0.15) is 0 Å². The number of nitrogens with one attached hydrogen (secondary N) is 1. The highest BCUT2D eigenvalue weighted by molar-refractivity contribution is 9.10. The highest BCUT2D eigenvalue weighted by Gasteiger charge is 2.33. The maximum Gasteiger partial charge on any atom is 0.401 e. The fourth-order valence-corrected chi connectivity index (χ4v) is 2.89. The van der Waals surface area contributed by atoms with E-state index in [0.717, 1.165) is 0 Å². The zero-order chi connectivity index (χ0) is 20.4. The van der Waals surface area contributed by atoms with Crippen molar-refractivity contribution in [2.45, 2.75) is 0 Å². The molecule has 2 aromatic carbocycles. The Labute approximate surface area is 167 Å². The lowest BCUT2D eigenvalue weighted by Crippen LogP contribution is -2.34. The molecule has 1 aromatic heterocycles. The molecule has 28 heavy (non-hydrogen) atoms. The maximum absolute atomic E-state index is 12.2. The van der Waals surface area contributed by atoms with Gasteiger partial charge < -0.3 is 20.5 Å². The number of benzene rings is 2. The van der Waals surface area contributed by atoms with Gasteiger partial charge in [0, 0.05) is 14.1 Å². The summed E-state index contributed by atoms with van der Waals surface area (Å²) in [5.41, 5.74) is 0.504. The minimum absolute atomic E-state index is 0.0728. The van der Waals surface area contributed by atoms with E-state index in [1.165, 1.54) is 17.0 Å². The average Bonchev–Trinajstić information content (AvgIpc) is 3.03. The van der Waals surface area contributed by atoms with Gasteiger partial charge in [0.2, 0.25) is 0 Å². The van der Waals surface area contributed by atoms with Crippen LogP contribution in [-0.2, 0) is 0 Å². The van der Waals surface area contributed by atoms with Gasteiger partial charge in [-0.1, -0.05) is 22.8 Å². The van der Waals surface area contributed by atoms with Gasteiger partial charge in [0.1, 0.15) is 15.7 Å². The summed E-state index contributed by atoms with van der Waals surface area (Å²) in [5.74, 6) is -1.07. The molecule has 0 fully saturated rings. The van der Waals surface area contributed by atoms with Crippen LogP contribution in [0.15, 0.2) is 51.6 Å². The number of aromatic hydroxyl groups is 1. The molecule has 3 aromatic rings. The zero-order valence-electron chi connectivity index (χ0n) is 14.9. The van der Waals surface area contributed by atoms with E-state index < -0.39 is 5.91 Å². The number of para-hydroxylation sites is 2. The Kier molecular flexibility index (Phi) is 5.38. The topological polar surface area (TPSA) is 126 Å². The van der Waals surface area contributed by atoms with Gasteiger partial charge in [0.15, 0.2) is 5.75 Å². The molecule has 1 heterocycles. The minimum atomic E-state index is -0.393. The van der Waals surface area contributed by atoms with E-state index in [1.807, 2.05) is 0 Å². The van der Waals surface area contributed by atoms with E-state index in [2.05, 4.69) is 26.4 Å². The summed E-state index contributed by atoms with van der Waals surface area (Å²) in [6.45, 7) is 0. The molecule has 0 aliphatic heterocycles. The number of aromatic nitrogens is 2. The van der Waals surface area contributed by atoms with E-state index in [4.69, 9.17) is 4.63 Å². The molecule has 1 amide bonds. The van der Waals surface area contributed by atoms with E-state index in [-0.39, 0.29) is 33.5 Å². The molecule has 0 unspecified atom stereocenters. The number of halogens is 1. The Morgan fingerprint density at radius 3 is 2.61 bits per heavy atom. The second-order valence-electron chi connectivity index (χ2n) is 5.91. The van der Waals surface area contributed by atoms with Crippen molar-refractivity contribution in [1.29, 1.82) is 0 Å². The summed E-state index contributed by atoms with van der Waals surface area (Å²) in [6, 6.07) is 11.3. The van der Waals surface area contributed by atoms with Crippen LogP contribution in [0, 0.1) is 0 Å². The summed E-state index contributed by atoms with van der Waals surface area (Å²) in [5, 5.41) is 37.9. The Bertz CT molecular complexity index is 1020. The first-order valence-corrected chi connectivity index (χ1v) is 8.76. The van der Waals surface area contributed by atoms with Crippen LogP contribution >= 0.6 is 15.9 Å². The van der Waals surface area contributed by atoms with Gasteiger partial charge in [-0.3, -0.25) is 4.79 Å². The van der Waals surface area contributed by atoms with Crippen molar-refractivity contribution in [3.8, 4) is 5.75 Å². The van der Waals surface area contributed by atoms with Crippen LogP contribution in [0.5, 0.6) is 5.75 Å². The molecule has 0 bridgehead atoms. The number of nitrogens with zero attached hydrogens (tertiary/aromatic N) is 4. The van der Waals surface area contributed by atoms with Crippen LogP contribution < -0.4 is 15.3 Å². The van der Waals surface area contributed by atoms with Crippen LogP contribution in [0.1, 0.15) is 10.4 Å². The fraction of sp³-hybridized carbons (Fsp3) is 0.118. The number of carbonyl (C=O) groups is 1. The third-order valence-corrected chi connectivity index (χ3v) is 4.48. The van der Waals surface area contributed by atoms with Gasteiger partial charge in [0.05, 0.1) is 15.7 Å². The first-order chi connectivity index (χ1) is 13.3. The van der Waals surface area contributed by atoms with Gasteiger partial charge in [-0.25, -0.2) is 5.21 Å². The van der Waals surface area contributed by atoms with E-state index in [1.54, 1.807) is 44.4 Å². The normalized spacial score (nSPS) is 10.6. The van der Waals surface area contributed by atoms with Crippen molar-refractivity contribution in [2.75, 3.05) is 24.5 Å². The van der Waals surface area contributed by atoms with Crippen LogP contribution in [-0.4, -0.2) is 45.6 Å². The van der Waals surface area contributed by atoms with Gasteiger partial charge in [-0.15, -0.1) is 5.06 Å². The number of hydrogen-bond donors (Lipinski definition) is 4. The average molecular weight is 451 g/mol. The van der Waals surface area contributed by atoms with Gasteiger partial charge >= 0.3 is 11.6 Å². The van der Waals surface area contributed by atoms with Crippen LogP contribution in [0.3, 0.4) is 0 Å². The number of anilines is 4. The van der Waals surface area contributed by atoms with Gasteiger partial charge in [-0.05, 0) is 40.2 Å². The predicted octanol–water partition coefficient (Wildman–Crippen LogP) is 2.64. The highest BCUT2D eigenvalue weighted by Crippen LogP contribution is 2.35. The molecule has 0 atom stereocenters. The number of amides is 1. The highest BCUT2D eigenvalue weighted by atomic mass is 79.9. The number of hydrogen-bond acceptors (Lipinski definition) is 8. The van der Waals surface area contributed by atoms with Crippen molar-refractivity contribution in [1.82, 2.24) is 10.1 Å². The molecule has 3 rings (SSSR count). The Hall–Kier alpha value is -3.31. The molecule has 0 aliphatic carbocycles. The summed E-state index contributed by atoms with van der Waals surface area (Å²) in [6.07, 6.45) is 0. The molecule has 4 N–H and O–H groups in total. The molecule has 11 heteroatoms. The number of rotatable bonds is 5. The Morgan fingerprint density at radius 2 is 1.93 bits per heavy atom. The molecular weight excluding hydrogens is 434 g/mol. The van der Waals surface area contributed by atoms with Gasteiger partial charge in [0.25, 0.3) is 5.91 Å². The van der Waals surface area contributed by atoms with Crippen molar-refractivity contribution >= 4 is 44.8 Å². The standard InChI is InChI=1S/C17H16BrN5O5/c1-21(2)17(25)10-6-5-8-12(14(10)24)19-15-16(23(27)28-20-15)22(26)13-9-4-3-7-11(13)18/h3-9,20,26-27H,1-2H3/p+1. The second-order valence-corrected chi connectivity index (χ2v) is 6.76. The SMILES string of the molecule is CN(C)C(=O)c1cccc(Nc2no[n+](O)c2N(O)c2ccccc2Br)c1O. The van der Waals surface area contributed by atoms with Crippen LogP contribution in [0.4, 0.5) is 23.0 Å². The fourth-order valence-electron chi connectivity index (χ4n) is 2.43.